The van der Waals surface area contributed by atoms with Crippen LogP contribution in [0.3, 0.4) is 0 Å². The van der Waals surface area contributed by atoms with E-state index >= 15 is 0 Å². The van der Waals surface area contributed by atoms with E-state index in [-0.39, 0.29) is 17.9 Å². The summed E-state index contributed by atoms with van der Waals surface area (Å²) in [4.78, 5) is 14.6. The quantitative estimate of drug-likeness (QED) is 0.727. The first-order valence-electron chi connectivity index (χ1n) is 7.87. The van der Waals surface area contributed by atoms with Crippen LogP contribution in [0.4, 0.5) is 0 Å². The Hall–Kier alpha value is -1.39. The predicted octanol–water partition coefficient (Wildman–Crippen LogP) is 1.65. The van der Waals surface area contributed by atoms with Crippen LogP contribution in [0.2, 0.25) is 0 Å². The largest absolute Gasteiger partial charge is 0.352 e. The number of likely N-dealkylation sites (N-methyl/N-ethyl adjacent to an activating group) is 1. The Morgan fingerprint density at radius 3 is 2.38 bits per heavy atom. The van der Waals surface area contributed by atoms with Crippen LogP contribution in [0.25, 0.3) is 0 Å². The van der Waals surface area contributed by atoms with Crippen LogP contribution in [0.1, 0.15) is 26.3 Å². The highest BCUT2D eigenvalue weighted by Crippen LogP contribution is 2.08. The summed E-state index contributed by atoms with van der Waals surface area (Å²) in [7, 11) is 0. The molecule has 0 aliphatic heterocycles. The molecule has 21 heavy (non-hydrogen) atoms. The van der Waals surface area contributed by atoms with Gasteiger partial charge in [-0.05, 0) is 32.0 Å². The van der Waals surface area contributed by atoms with E-state index in [2.05, 4.69) is 24.1 Å². The SMILES string of the molecule is CCN(CC)CC(C)NC(=O)C(CN)Cc1ccccc1. The number of nitrogens with two attached hydrogens (primary N) is 1. The van der Waals surface area contributed by atoms with Crippen LogP contribution in [0.5, 0.6) is 0 Å². The minimum absolute atomic E-state index is 0.0565. The van der Waals surface area contributed by atoms with Gasteiger partial charge < -0.3 is 16.0 Å². The zero-order valence-electron chi connectivity index (χ0n) is 13.5. The highest BCUT2D eigenvalue weighted by atomic mass is 16.1. The smallest absolute Gasteiger partial charge is 0.224 e. The van der Waals surface area contributed by atoms with E-state index < -0.39 is 0 Å². The molecule has 3 N–H and O–H groups in total. The van der Waals surface area contributed by atoms with Crippen LogP contribution in [0.15, 0.2) is 30.3 Å². The molecular formula is C17H29N3O. The first-order valence-corrected chi connectivity index (χ1v) is 7.87. The molecule has 4 nitrogen and oxygen atoms in total. The number of carbonyl (C=O) groups is 1. The molecule has 0 aliphatic carbocycles. The normalized spacial score (nSPS) is 14.0. The van der Waals surface area contributed by atoms with Gasteiger partial charge >= 0.3 is 0 Å². The van der Waals surface area contributed by atoms with Crippen molar-refractivity contribution in [3.05, 3.63) is 35.9 Å². The second kappa shape index (κ2) is 9.53. The lowest BCUT2D eigenvalue weighted by Crippen LogP contribution is -2.46. The van der Waals surface area contributed by atoms with E-state index in [9.17, 15) is 4.79 Å². The second-order valence-electron chi connectivity index (χ2n) is 5.52. The molecule has 1 aromatic carbocycles. The van der Waals surface area contributed by atoms with Crippen molar-refractivity contribution >= 4 is 5.91 Å². The summed E-state index contributed by atoms with van der Waals surface area (Å²) >= 11 is 0. The maximum Gasteiger partial charge on any atom is 0.224 e. The van der Waals surface area contributed by atoms with Gasteiger partial charge in [-0.15, -0.1) is 0 Å². The highest BCUT2D eigenvalue weighted by molar-refractivity contribution is 5.79. The minimum Gasteiger partial charge on any atom is -0.352 e. The molecule has 2 atom stereocenters. The first kappa shape index (κ1) is 17.7. The van der Waals surface area contributed by atoms with Crippen molar-refractivity contribution in [2.75, 3.05) is 26.2 Å². The van der Waals surface area contributed by atoms with Gasteiger partial charge in [0.25, 0.3) is 0 Å². The van der Waals surface area contributed by atoms with E-state index in [1.807, 2.05) is 37.3 Å². The molecule has 4 heteroatoms. The summed E-state index contributed by atoms with van der Waals surface area (Å²) in [6.07, 6.45) is 0.696. The topological polar surface area (TPSA) is 58.4 Å². The number of hydrogen-bond donors (Lipinski definition) is 2. The first-order chi connectivity index (χ1) is 10.1. The molecule has 1 aromatic rings. The Morgan fingerprint density at radius 2 is 1.86 bits per heavy atom. The van der Waals surface area contributed by atoms with E-state index in [1.165, 1.54) is 0 Å². The Morgan fingerprint density at radius 1 is 1.24 bits per heavy atom. The van der Waals surface area contributed by atoms with E-state index in [1.54, 1.807) is 0 Å². The van der Waals surface area contributed by atoms with Crippen LogP contribution >= 0.6 is 0 Å². The molecule has 1 rings (SSSR count). The van der Waals surface area contributed by atoms with Crippen LogP contribution in [0, 0.1) is 5.92 Å². The van der Waals surface area contributed by atoms with Crippen LogP contribution in [-0.2, 0) is 11.2 Å². The molecule has 118 valence electrons. The summed E-state index contributed by atoms with van der Waals surface area (Å²) in [6.45, 7) is 9.57. The lowest BCUT2D eigenvalue weighted by atomic mass is 9.98. The lowest BCUT2D eigenvalue weighted by Gasteiger charge is -2.25. The molecule has 2 unspecified atom stereocenters. The van der Waals surface area contributed by atoms with Gasteiger partial charge in [0.05, 0.1) is 5.92 Å². The minimum atomic E-state index is -0.161. The van der Waals surface area contributed by atoms with E-state index in [4.69, 9.17) is 5.73 Å². The molecule has 1 amide bonds. The van der Waals surface area contributed by atoms with E-state index in [0.29, 0.717) is 13.0 Å². The molecule has 0 aliphatic rings. The molecule has 0 fully saturated rings. The Kier molecular flexibility index (Phi) is 8.01. The van der Waals surface area contributed by atoms with Gasteiger partial charge in [0.2, 0.25) is 5.91 Å². The Bertz CT molecular complexity index is 404. The summed E-state index contributed by atoms with van der Waals surface area (Å²) in [6, 6.07) is 10.2. The number of hydrogen-bond acceptors (Lipinski definition) is 3. The average Bonchev–Trinajstić information content (AvgIpc) is 2.51. The van der Waals surface area contributed by atoms with Gasteiger partial charge in [-0.3, -0.25) is 4.79 Å². The fourth-order valence-corrected chi connectivity index (χ4v) is 2.46. The molecule has 0 saturated carbocycles. The maximum atomic E-state index is 12.3. The van der Waals surface area contributed by atoms with Gasteiger partial charge in [-0.25, -0.2) is 0 Å². The Balaban J connectivity index is 2.51. The molecule has 0 bridgehead atoms. The van der Waals surface area contributed by atoms with Gasteiger partial charge in [0, 0.05) is 19.1 Å². The molecule has 0 spiro atoms. The Labute approximate surface area is 128 Å². The van der Waals surface area contributed by atoms with Crippen molar-refractivity contribution in [3.8, 4) is 0 Å². The standard InChI is InChI=1S/C17H29N3O/c1-4-20(5-2)13-14(3)19-17(21)16(12-18)11-15-9-7-6-8-10-15/h6-10,14,16H,4-5,11-13,18H2,1-3H3,(H,19,21). The molecule has 0 saturated heterocycles. The van der Waals surface area contributed by atoms with Crippen molar-refractivity contribution in [2.45, 2.75) is 33.2 Å². The predicted molar refractivity (Wildman–Crippen MR) is 88.1 cm³/mol. The fourth-order valence-electron chi connectivity index (χ4n) is 2.46. The summed E-state index contributed by atoms with van der Waals surface area (Å²) in [5.41, 5.74) is 6.93. The number of carbonyl (C=O) groups excluding carboxylic acids is 1. The van der Waals surface area contributed by atoms with Gasteiger partial charge in [0.1, 0.15) is 0 Å². The second-order valence-corrected chi connectivity index (χ2v) is 5.52. The van der Waals surface area contributed by atoms with Crippen molar-refractivity contribution in [3.63, 3.8) is 0 Å². The zero-order valence-corrected chi connectivity index (χ0v) is 13.5. The van der Waals surface area contributed by atoms with Gasteiger partial charge in [-0.1, -0.05) is 44.2 Å². The number of nitrogens with zero attached hydrogens (tertiary/aromatic N) is 1. The number of amides is 1. The number of rotatable bonds is 9. The average molecular weight is 291 g/mol. The third-order valence-electron chi connectivity index (χ3n) is 3.80. The van der Waals surface area contributed by atoms with E-state index in [0.717, 1.165) is 25.2 Å². The van der Waals surface area contributed by atoms with Crippen molar-refractivity contribution in [1.82, 2.24) is 10.2 Å². The summed E-state index contributed by atoms with van der Waals surface area (Å²) in [5.74, 6) is -0.104. The number of benzene rings is 1. The zero-order chi connectivity index (χ0) is 15.7. The third-order valence-corrected chi connectivity index (χ3v) is 3.80. The fraction of sp³-hybridized carbons (Fsp3) is 0.588. The highest BCUT2D eigenvalue weighted by Gasteiger charge is 2.19. The van der Waals surface area contributed by atoms with Crippen molar-refractivity contribution < 1.29 is 4.79 Å². The number of nitrogens with one attached hydrogen (secondary N) is 1. The van der Waals surface area contributed by atoms with Gasteiger partial charge in [0.15, 0.2) is 0 Å². The van der Waals surface area contributed by atoms with Crippen molar-refractivity contribution in [1.29, 1.82) is 0 Å². The molecule has 0 aromatic heterocycles. The van der Waals surface area contributed by atoms with Crippen LogP contribution in [-0.4, -0.2) is 43.0 Å². The molecular weight excluding hydrogens is 262 g/mol. The summed E-state index contributed by atoms with van der Waals surface area (Å²) in [5, 5.41) is 3.09. The molecule has 0 radical (unpaired) electrons. The molecule has 0 heterocycles. The monoisotopic (exact) mass is 291 g/mol. The van der Waals surface area contributed by atoms with Gasteiger partial charge in [-0.2, -0.15) is 0 Å². The summed E-state index contributed by atoms with van der Waals surface area (Å²) < 4.78 is 0. The third kappa shape index (κ3) is 6.27. The maximum absolute atomic E-state index is 12.3. The van der Waals surface area contributed by atoms with Crippen LogP contribution < -0.4 is 11.1 Å². The lowest BCUT2D eigenvalue weighted by molar-refractivity contribution is -0.125. The van der Waals surface area contributed by atoms with Crippen molar-refractivity contribution in [2.24, 2.45) is 11.7 Å².